The molecule has 0 amide bonds. The Morgan fingerprint density at radius 1 is 1.09 bits per heavy atom. The normalized spacial score (nSPS) is 11.6. The molecule has 0 aliphatic heterocycles. The molecular weight excluding hydrogens is 292 g/mol. The number of nitrogens with zero attached hydrogens (tertiary/aromatic N) is 1. The minimum Gasteiger partial charge on any atom is -0.489 e. The third-order valence-electron chi connectivity index (χ3n) is 3.24. The van der Waals surface area contributed by atoms with Gasteiger partial charge in [0, 0.05) is 5.54 Å². The first-order chi connectivity index (χ1) is 11.0. The molecule has 5 heteroatoms. The Labute approximate surface area is 135 Å². The van der Waals surface area contributed by atoms with Gasteiger partial charge in [-0.05, 0) is 42.8 Å². The molecule has 0 saturated carbocycles. The van der Waals surface area contributed by atoms with Crippen LogP contribution in [0.4, 0.5) is 0 Å². The topological polar surface area (TPSA) is 70.5 Å². The Kier molecular flexibility index (Phi) is 4.21. The average Bonchev–Trinajstić information content (AvgIpc) is 2.94. The summed E-state index contributed by atoms with van der Waals surface area (Å²) in [5.74, 6) is 1.17. The first-order valence-electron chi connectivity index (χ1n) is 7.49. The van der Waals surface area contributed by atoms with E-state index in [9.17, 15) is 0 Å². The molecule has 1 aromatic heterocycles. The highest BCUT2D eigenvalue weighted by molar-refractivity contribution is 5.83. The lowest BCUT2D eigenvalue weighted by Crippen LogP contribution is -2.38. The second-order valence-corrected chi connectivity index (χ2v) is 6.20. The van der Waals surface area contributed by atoms with Crippen molar-refractivity contribution in [3.05, 3.63) is 54.1 Å². The van der Waals surface area contributed by atoms with Crippen LogP contribution in [0.15, 0.2) is 53.1 Å². The number of benzene rings is 2. The maximum absolute atomic E-state index is 5.93. The van der Waals surface area contributed by atoms with Crippen LogP contribution in [-0.4, -0.2) is 17.3 Å². The second kappa shape index (κ2) is 6.30. The number of ether oxygens (including phenoxy) is 2. The first-order valence-corrected chi connectivity index (χ1v) is 7.49. The molecule has 3 aromatic rings. The molecule has 0 atom stereocenters. The van der Waals surface area contributed by atoms with Crippen molar-refractivity contribution >= 4 is 11.0 Å². The predicted octanol–water partition coefficient (Wildman–Crippen LogP) is 3.52. The van der Waals surface area contributed by atoms with Gasteiger partial charge >= 0.3 is 0 Å². The third kappa shape index (κ3) is 4.02. The molecule has 0 bridgehead atoms. The molecule has 2 N–H and O–H groups in total. The minimum atomic E-state index is -0.438. The van der Waals surface area contributed by atoms with Crippen LogP contribution in [0.5, 0.6) is 11.6 Å². The van der Waals surface area contributed by atoms with Crippen LogP contribution in [0.25, 0.3) is 11.0 Å². The summed E-state index contributed by atoms with van der Waals surface area (Å²) in [6.45, 7) is 4.64. The summed E-state index contributed by atoms with van der Waals surface area (Å²) in [6, 6.07) is 15.6. The molecule has 0 aliphatic rings. The van der Waals surface area contributed by atoms with E-state index in [4.69, 9.17) is 19.7 Å². The molecule has 0 unspecified atom stereocenters. The number of rotatable bonds is 6. The van der Waals surface area contributed by atoms with Gasteiger partial charge in [-0.25, -0.2) is 0 Å². The fraction of sp³-hybridized carbons (Fsp3) is 0.278. The lowest BCUT2D eigenvalue weighted by atomic mass is 10.1. The van der Waals surface area contributed by atoms with Crippen molar-refractivity contribution in [3.63, 3.8) is 0 Å². The zero-order chi connectivity index (χ0) is 16.3. The van der Waals surface area contributed by atoms with Crippen molar-refractivity contribution in [2.45, 2.75) is 26.0 Å². The summed E-state index contributed by atoms with van der Waals surface area (Å²) in [4.78, 5) is 0. The summed E-state index contributed by atoms with van der Waals surface area (Å²) in [5.41, 5.74) is 7.26. The van der Waals surface area contributed by atoms with Gasteiger partial charge < -0.3 is 19.7 Å². The van der Waals surface area contributed by atoms with Gasteiger partial charge in [-0.3, -0.25) is 0 Å². The van der Waals surface area contributed by atoms with E-state index in [2.05, 4.69) is 5.16 Å². The Morgan fingerprint density at radius 3 is 2.61 bits per heavy atom. The van der Waals surface area contributed by atoms with Crippen molar-refractivity contribution in [3.8, 4) is 11.6 Å². The van der Waals surface area contributed by atoms with E-state index >= 15 is 0 Å². The fourth-order valence-electron chi connectivity index (χ4n) is 2.08. The molecule has 3 rings (SSSR count). The summed E-state index contributed by atoms with van der Waals surface area (Å²) >= 11 is 0. The minimum absolute atomic E-state index is 0.351. The monoisotopic (exact) mass is 312 g/mol. The van der Waals surface area contributed by atoms with E-state index < -0.39 is 5.54 Å². The van der Waals surface area contributed by atoms with Gasteiger partial charge in [0.1, 0.15) is 19.0 Å². The van der Waals surface area contributed by atoms with Crippen LogP contribution in [0.3, 0.4) is 0 Å². The van der Waals surface area contributed by atoms with Crippen molar-refractivity contribution in [1.82, 2.24) is 5.16 Å². The van der Waals surface area contributed by atoms with Crippen molar-refractivity contribution in [1.29, 1.82) is 0 Å². The molecule has 0 aliphatic carbocycles. The van der Waals surface area contributed by atoms with Gasteiger partial charge in [-0.1, -0.05) is 30.3 Å². The Bertz CT molecular complexity index is 776. The number of fused-ring (bicyclic) bond motifs is 1. The Balaban J connectivity index is 1.75. The Hall–Kier alpha value is -2.53. The number of nitrogens with two attached hydrogens (primary N) is 1. The highest BCUT2D eigenvalue weighted by atomic mass is 16.5. The third-order valence-corrected chi connectivity index (χ3v) is 3.24. The van der Waals surface area contributed by atoms with Crippen molar-refractivity contribution < 1.29 is 14.0 Å². The molecule has 0 saturated heterocycles. The van der Waals surface area contributed by atoms with E-state index in [0.29, 0.717) is 24.7 Å². The SMILES string of the molecule is CC(C)(N)COc1noc2ccc(OCc3ccccc3)cc12. The van der Waals surface area contributed by atoms with Crippen LogP contribution < -0.4 is 15.2 Å². The van der Waals surface area contributed by atoms with E-state index in [1.165, 1.54) is 0 Å². The van der Waals surface area contributed by atoms with Gasteiger partial charge in [0.15, 0.2) is 5.58 Å². The van der Waals surface area contributed by atoms with Crippen molar-refractivity contribution in [2.75, 3.05) is 6.61 Å². The quantitative estimate of drug-likeness (QED) is 0.754. The van der Waals surface area contributed by atoms with Gasteiger partial charge in [0.05, 0.1) is 5.39 Å². The summed E-state index contributed by atoms with van der Waals surface area (Å²) < 4.78 is 16.7. The molecule has 0 spiro atoms. The molecule has 0 fully saturated rings. The van der Waals surface area contributed by atoms with Crippen LogP contribution in [0.2, 0.25) is 0 Å². The van der Waals surface area contributed by atoms with E-state index in [1.54, 1.807) is 0 Å². The van der Waals surface area contributed by atoms with Gasteiger partial charge in [0.2, 0.25) is 0 Å². The highest BCUT2D eigenvalue weighted by Crippen LogP contribution is 2.29. The van der Waals surface area contributed by atoms with Gasteiger partial charge in [-0.15, -0.1) is 0 Å². The summed E-state index contributed by atoms with van der Waals surface area (Å²) in [7, 11) is 0. The smallest absolute Gasteiger partial charge is 0.262 e. The molecule has 23 heavy (non-hydrogen) atoms. The Morgan fingerprint density at radius 2 is 1.87 bits per heavy atom. The van der Waals surface area contributed by atoms with Gasteiger partial charge in [0.25, 0.3) is 5.88 Å². The first kappa shape index (κ1) is 15.4. The molecule has 1 heterocycles. The molecule has 2 aromatic carbocycles. The van der Waals surface area contributed by atoms with Crippen LogP contribution >= 0.6 is 0 Å². The molecular formula is C18H20N2O3. The molecule has 5 nitrogen and oxygen atoms in total. The highest BCUT2D eigenvalue weighted by Gasteiger charge is 2.16. The standard InChI is InChI=1S/C18H20N2O3/c1-18(2,19)12-22-17-15-10-14(8-9-16(15)23-20-17)21-11-13-6-4-3-5-7-13/h3-10H,11-12,19H2,1-2H3. The second-order valence-electron chi connectivity index (χ2n) is 6.20. The van der Waals surface area contributed by atoms with E-state index in [0.717, 1.165) is 16.7 Å². The molecule has 120 valence electrons. The number of hydrogen-bond donors (Lipinski definition) is 1. The predicted molar refractivity (Wildman–Crippen MR) is 88.5 cm³/mol. The fourth-order valence-corrected chi connectivity index (χ4v) is 2.08. The maximum atomic E-state index is 5.93. The summed E-state index contributed by atoms with van der Waals surface area (Å²) in [5, 5.41) is 4.73. The lowest BCUT2D eigenvalue weighted by Gasteiger charge is -2.17. The largest absolute Gasteiger partial charge is 0.489 e. The van der Waals surface area contributed by atoms with Gasteiger partial charge in [-0.2, -0.15) is 0 Å². The summed E-state index contributed by atoms with van der Waals surface area (Å²) in [6.07, 6.45) is 0. The number of aromatic nitrogens is 1. The lowest BCUT2D eigenvalue weighted by molar-refractivity contribution is 0.225. The van der Waals surface area contributed by atoms with Crippen LogP contribution in [0, 0.1) is 0 Å². The van der Waals surface area contributed by atoms with E-state index in [-0.39, 0.29) is 0 Å². The van der Waals surface area contributed by atoms with Crippen molar-refractivity contribution in [2.24, 2.45) is 5.73 Å². The zero-order valence-electron chi connectivity index (χ0n) is 13.3. The number of hydrogen-bond acceptors (Lipinski definition) is 5. The van der Waals surface area contributed by atoms with Crippen LogP contribution in [-0.2, 0) is 6.61 Å². The maximum Gasteiger partial charge on any atom is 0.262 e. The molecule has 0 radical (unpaired) electrons. The zero-order valence-corrected chi connectivity index (χ0v) is 13.3. The van der Waals surface area contributed by atoms with Crippen LogP contribution in [0.1, 0.15) is 19.4 Å². The van der Waals surface area contributed by atoms with E-state index in [1.807, 2.05) is 62.4 Å². The average molecular weight is 312 g/mol.